The van der Waals surface area contributed by atoms with Gasteiger partial charge in [-0.25, -0.2) is 0 Å². The molecule has 0 amide bonds. The van der Waals surface area contributed by atoms with Crippen LogP contribution in [0.25, 0.3) is 0 Å². The molecule has 1 aromatic heterocycles. The van der Waals surface area contributed by atoms with Gasteiger partial charge in [0.25, 0.3) is 0 Å². The topological polar surface area (TPSA) is 29.9 Å². The SMILES string of the molecule is CCCn1cc(CNc2cccc(Cl)c2Cl)cn1. The molecule has 5 heteroatoms. The van der Waals surface area contributed by atoms with Gasteiger partial charge in [0.15, 0.2) is 0 Å². The fourth-order valence-corrected chi connectivity index (χ4v) is 2.05. The average molecular weight is 284 g/mol. The summed E-state index contributed by atoms with van der Waals surface area (Å²) in [4.78, 5) is 0. The zero-order valence-corrected chi connectivity index (χ0v) is 11.7. The number of hydrogen-bond donors (Lipinski definition) is 1. The van der Waals surface area contributed by atoms with E-state index >= 15 is 0 Å². The van der Waals surface area contributed by atoms with Crippen LogP contribution in [0.4, 0.5) is 5.69 Å². The summed E-state index contributed by atoms with van der Waals surface area (Å²) in [7, 11) is 0. The predicted molar refractivity (Wildman–Crippen MR) is 76.3 cm³/mol. The lowest BCUT2D eigenvalue weighted by Crippen LogP contribution is -1.99. The molecule has 0 saturated carbocycles. The van der Waals surface area contributed by atoms with Crippen LogP contribution < -0.4 is 5.32 Å². The van der Waals surface area contributed by atoms with Crippen LogP contribution in [0.5, 0.6) is 0 Å². The number of halogens is 2. The number of aromatic nitrogens is 2. The summed E-state index contributed by atoms with van der Waals surface area (Å²) in [6, 6.07) is 5.55. The minimum atomic E-state index is 0.556. The molecule has 2 aromatic rings. The van der Waals surface area contributed by atoms with E-state index in [9.17, 15) is 0 Å². The van der Waals surface area contributed by atoms with Gasteiger partial charge in [0.1, 0.15) is 0 Å². The normalized spacial score (nSPS) is 10.6. The molecule has 1 N–H and O–H groups in total. The first-order valence-corrected chi connectivity index (χ1v) is 6.65. The first kappa shape index (κ1) is 13.2. The van der Waals surface area contributed by atoms with Gasteiger partial charge in [-0.2, -0.15) is 5.10 Å². The quantitative estimate of drug-likeness (QED) is 0.891. The Labute approximate surface area is 117 Å². The summed E-state index contributed by atoms with van der Waals surface area (Å²) in [6.45, 7) is 3.76. The van der Waals surface area contributed by atoms with Crippen molar-refractivity contribution in [2.75, 3.05) is 5.32 Å². The van der Waals surface area contributed by atoms with Crippen LogP contribution in [-0.2, 0) is 13.1 Å². The molecule has 0 aliphatic heterocycles. The van der Waals surface area contributed by atoms with Gasteiger partial charge in [0.05, 0.1) is 21.9 Å². The van der Waals surface area contributed by atoms with E-state index < -0.39 is 0 Å². The van der Waals surface area contributed by atoms with Crippen molar-refractivity contribution < 1.29 is 0 Å². The Hall–Kier alpha value is -1.19. The monoisotopic (exact) mass is 283 g/mol. The van der Waals surface area contributed by atoms with Crippen molar-refractivity contribution >= 4 is 28.9 Å². The molecule has 0 radical (unpaired) electrons. The number of nitrogens with zero attached hydrogens (tertiary/aromatic N) is 2. The van der Waals surface area contributed by atoms with Crippen LogP contribution in [0.1, 0.15) is 18.9 Å². The molecule has 0 spiro atoms. The third-order valence-corrected chi connectivity index (χ3v) is 3.39. The Morgan fingerprint density at radius 1 is 1.33 bits per heavy atom. The third kappa shape index (κ3) is 3.18. The van der Waals surface area contributed by atoms with Crippen LogP contribution in [-0.4, -0.2) is 9.78 Å². The van der Waals surface area contributed by atoms with E-state index in [2.05, 4.69) is 17.3 Å². The molecule has 0 aliphatic rings. The predicted octanol–water partition coefficient (Wildman–Crippen LogP) is 4.21. The van der Waals surface area contributed by atoms with Gasteiger partial charge in [-0.1, -0.05) is 36.2 Å². The molecular weight excluding hydrogens is 269 g/mol. The maximum atomic E-state index is 6.10. The fourth-order valence-electron chi connectivity index (χ4n) is 1.69. The van der Waals surface area contributed by atoms with Crippen molar-refractivity contribution in [1.82, 2.24) is 9.78 Å². The lowest BCUT2D eigenvalue weighted by atomic mass is 10.3. The lowest BCUT2D eigenvalue weighted by Gasteiger charge is -2.07. The van der Waals surface area contributed by atoms with E-state index in [1.807, 2.05) is 29.2 Å². The lowest BCUT2D eigenvalue weighted by molar-refractivity contribution is 0.602. The van der Waals surface area contributed by atoms with E-state index in [4.69, 9.17) is 23.2 Å². The Morgan fingerprint density at radius 3 is 2.94 bits per heavy atom. The summed E-state index contributed by atoms with van der Waals surface area (Å²) in [5.41, 5.74) is 1.96. The molecule has 2 rings (SSSR count). The summed E-state index contributed by atoms with van der Waals surface area (Å²) in [5, 5.41) is 8.65. The molecule has 0 fully saturated rings. The molecule has 3 nitrogen and oxygen atoms in total. The maximum Gasteiger partial charge on any atom is 0.0823 e. The van der Waals surface area contributed by atoms with Crippen LogP contribution in [0.3, 0.4) is 0 Å². The van der Waals surface area contributed by atoms with E-state index in [0.717, 1.165) is 24.2 Å². The second kappa shape index (κ2) is 6.12. The number of aryl methyl sites for hydroxylation is 1. The van der Waals surface area contributed by atoms with Gasteiger partial charge in [-0.3, -0.25) is 4.68 Å². The highest BCUT2D eigenvalue weighted by atomic mass is 35.5. The number of anilines is 1. The highest BCUT2D eigenvalue weighted by Crippen LogP contribution is 2.29. The molecular formula is C13H15Cl2N3. The molecule has 1 heterocycles. The van der Waals surface area contributed by atoms with Crippen LogP contribution in [0.15, 0.2) is 30.6 Å². The number of benzene rings is 1. The molecule has 96 valence electrons. The van der Waals surface area contributed by atoms with Gasteiger partial charge in [-0.05, 0) is 18.6 Å². The second-order valence-electron chi connectivity index (χ2n) is 4.07. The minimum Gasteiger partial charge on any atom is -0.380 e. The average Bonchev–Trinajstić information content (AvgIpc) is 2.79. The Morgan fingerprint density at radius 2 is 2.17 bits per heavy atom. The molecule has 0 atom stereocenters. The maximum absolute atomic E-state index is 6.10. The summed E-state index contributed by atoms with van der Waals surface area (Å²) in [6.07, 6.45) is 4.98. The number of hydrogen-bond acceptors (Lipinski definition) is 2. The first-order valence-electron chi connectivity index (χ1n) is 5.90. The Balaban J connectivity index is 2.00. The largest absolute Gasteiger partial charge is 0.380 e. The Kier molecular flexibility index (Phi) is 4.50. The molecule has 0 unspecified atom stereocenters. The van der Waals surface area contributed by atoms with E-state index in [1.165, 1.54) is 0 Å². The van der Waals surface area contributed by atoms with Crippen molar-refractivity contribution in [3.8, 4) is 0 Å². The second-order valence-corrected chi connectivity index (χ2v) is 4.85. The van der Waals surface area contributed by atoms with Gasteiger partial charge >= 0.3 is 0 Å². The van der Waals surface area contributed by atoms with E-state index in [1.54, 1.807) is 6.07 Å². The van der Waals surface area contributed by atoms with Gasteiger partial charge in [0, 0.05) is 24.8 Å². The fraction of sp³-hybridized carbons (Fsp3) is 0.308. The van der Waals surface area contributed by atoms with Crippen molar-refractivity contribution in [1.29, 1.82) is 0 Å². The summed E-state index contributed by atoms with van der Waals surface area (Å²) >= 11 is 12.1. The molecule has 18 heavy (non-hydrogen) atoms. The standard InChI is InChI=1S/C13H15Cl2N3/c1-2-6-18-9-10(8-17-18)7-16-12-5-3-4-11(14)13(12)15/h3-5,8-9,16H,2,6-7H2,1H3. The minimum absolute atomic E-state index is 0.556. The highest BCUT2D eigenvalue weighted by molar-refractivity contribution is 6.43. The van der Waals surface area contributed by atoms with Gasteiger partial charge in [-0.15, -0.1) is 0 Å². The van der Waals surface area contributed by atoms with Crippen molar-refractivity contribution in [2.45, 2.75) is 26.4 Å². The molecule has 1 aromatic carbocycles. The smallest absolute Gasteiger partial charge is 0.0823 e. The van der Waals surface area contributed by atoms with Crippen molar-refractivity contribution in [2.24, 2.45) is 0 Å². The van der Waals surface area contributed by atoms with E-state index in [0.29, 0.717) is 16.6 Å². The molecule has 0 bridgehead atoms. The molecule has 0 aliphatic carbocycles. The number of nitrogens with one attached hydrogen (secondary N) is 1. The van der Waals surface area contributed by atoms with Crippen LogP contribution in [0, 0.1) is 0 Å². The summed E-state index contributed by atoms with van der Waals surface area (Å²) in [5.74, 6) is 0. The van der Waals surface area contributed by atoms with E-state index in [-0.39, 0.29) is 0 Å². The summed E-state index contributed by atoms with van der Waals surface area (Å²) < 4.78 is 1.94. The Bertz CT molecular complexity index is 523. The van der Waals surface area contributed by atoms with Crippen LogP contribution in [0.2, 0.25) is 10.0 Å². The zero-order valence-electron chi connectivity index (χ0n) is 10.2. The van der Waals surface area contributed by atoms with Crippen molar-refractivity contribution in [3.63, 3.8) is 0 Å². The third-order valence-electron chi connectivity index (χ3n) is 2.57. The highest BCUT2D eigenvalue weighted by Gasteiger charge is 2.04. The van der Waals surface area contributed by atoms with Crippen molar-refractivity contribution in [3.05, 3.63) is 46.2 Å². The first-order chi connectivity index (χ1) is 8.70. The molecule has 0 saturated heterocycles. The van der Waals surface area contributed by atoms with Crippen LogP contribution >= 0.6 is 23.2 Å². The van der Waals surface area contributed by atoms with Gasteiger partial charge in [0.2, 0.25) is 0 Å². The number of rotatable bonds is 5. The zero-order chi connectivity index (χ0) is 13.0. The van der Waals surface area contributed by atoms with Gasteiger partial charge < -0.3 is 5.32 Å².